The molecule has 0 atom stereocenters. The molecule has 0 spiro atoms. The Morgan fingerprint density at radius 1 is 1.24 bits per heavy atom. The van der Waals surface area contributed by atoms with Crippen LogP contribution in [0.4, 0.5) is 13.2 Å². The van der Waals surface area contributed by atoms with Gasteiger partial charge in [0.15, 0.2) is 5.69 Å². The Hall–Kier alpha value is -2.20. The van der Waals surface area contributed by atoms with Crippen LogP contribution in [-0.2, 0) is 18.0 Å². The number of amides is 2. The summed E-state index contributed by atoms with van der Waals surface area (Å²) < 4.78 is 39.3. The van der Waals surface area contributed by atoms with Crippen molar-refractivity contribution in [2.45, 2.75) is 11.1 Å². The molecule has 2 amide bonds. The van der Waals surface area contributed by atoms with Gasteiger partial charge in [-0.1, -0.05) is 11.6 Å². The van der Waals surface area contributed by atoms with Crippen LogP contribution in [0.2, 0.25) is 5.02 Å². The molecular weight excluding hydrogens is 381 g/mol. The molecule has 0 unspecified atom stereocenters. The summed E-state index contributed by atoms with van der Waals surface area (Å²) >= 11 is 6.92. The zero-order chi connectivity index (χ0) is 18.6. The van der Waals surface area contributed by atoms with Crippen molar-refractivity contribution < 1.29 is 22.8 Å². The molecule has 0 saturated heterocycles. The van der Waals surface area contributed by atoms with Crippen molar-refractivity contribution in [2.24, 2.45) is 7.05 Å². The van der Waals surface area contributed by atoms with Crippen LogP contribution < -0.4 is 10.9 Å². The van der Waals surface area contributed by atoms with Crippen LogP contribution in [0.15, 0.2) is 35.4 Å². The number of thioether (sulfide) groups is 1. The van der Waals surface area contributed by atoms with Crippen LogP contribution in [-0.4, -0.2) is 27.3 Å². The molecule has 0 bridgehead atoms. The Morgan fingerprint density at radius 2 is 1.88 bits per heavy atom. The second kappa shape index (κ2) is 7.79. The average molecular weight is 393 g/mol. The molecule has 1 aromatic heterocycles. The molecule has 0 aliphatic carbocycles. The summed E-state index contributed by atoms with van der Waals surface area (Å²) in [6, 6.07) is 6.74. The Labute approximate surface area is 149 Å². The highest BCUT2D eigenvalue weighted by Gasteiger charge is 2.39. The monoisotopic (exact) mass is 392 g/mol. The normalized spacial score (nSPS) is 11.2. The minimum Gasteiger partial charge on any atom is -0.274 e. The molecule has 0 aliphatic rings. The molecule has 2 rings (SSSR count). The first-order valence-corrected chi connectivity index (χ1v) is 8.11. The lowest BCUT2D eigenvalue weighted by Crippen LogP contribution is -2.43. The first-order chi connectivity index (χ1) is 11.7. The summed E-state index contributed by atoms with van der Waals surface area (Å²) in [4.78, 5) is 24.3. The fourth-order valence-electron chi connectivity index (χ4n) is 1.77. The zero-order valence-corrected chi connectivity index (χ0v) is 14.3. The van der Waals surface area contributed by atoms with E-state index in [1.807, 2.05) is 5.43 Å². The third kappa shape index (κ3) is 5.40. The fourth-order valence-corrected chi connectivity index (χ4v) is 2.60. The Kier molecular flexibility index (Phi) is 5.96. The number of benzene rings is 1. The number of aromatic nitrogens is 2. The van der Waals surface area contributed by atoms with Crippen molar-refractivity contribution in [3.63, 3.8) is 0 Å². The van der Waals surface area contributed by atoms with E-state index in [0.29, 0.717) is 5.02 Å². The maximum Gasteiger partial charge on any atom is 0.435 e. The number of rotatable bonds is 4. The van der Waals surface area contributed by atoms with Gasteiger partial charge in [-0.2, -0.15) is 18.3 Å². The molecular formula is C14H12ClF3N4O2S. The molecule has 134 valence electrons. The molecule has 0 aliphatic heterocycles. The molecule has 2 N–H and O–H groups in total. The van der Waals surface area contributed by atoms with Crippen LogP contribution in [0, 0.1) is 0 Å². The van der Waals surface area contributed by atoms with Gasteiger partial charge < -0.3 is 0 Å². The van der Waals surface area contributed by atoms with Gasteiger partial charge in [0.2, 0.25) is 5.91 Å². The van der Waals surface area contributed by atoms with E-state index in [1.165, 1.54) is 18.8 Å². The number of carbonyl (C=O) groups is 2. The lowest BCUT2D eigenvalue weighted by Gasteiger charge is -2.08. The molecule has 0 radical (unpaired) electrons. The largest absolute Gasteiger partial charge is 0.435 e. The summed E-state index contributed by atoms with van der Waals surface area (Å²) in [5, 5.41) is 3.77. The molecule has 0 fully saturated rings. The third-order valence-electron chi connectivity index (χ3n) is 2.84. The lowest BCUT2D eigenvalue weighted by molar-refractivity contribution is -0.141. The van der Waals surface area contributed by atoms with E-state index in [2.05, 4.69) is 10.5 Å². The smallest absolute Gasteiger partial charge is 0.274 e. The lowest BCUT2D eigenvalue weighted by atomic mass is 10.2. The fraction of sp³-hybridized carbons (Fsp3) is 0.214. The van der Waals surface area contributed by atoms with Gasteiger partial charge in [0.1, 0.15) is 0 Å². The van der Waals surface area contributed by atoms with Crippen molar-refractivity contribution in [1.29, 1.82) is 0 Å². The topological polar surface area (TPSA) is 76.0 Å². The second-order valence-corrected chi connectivity index (χ2v) is 6.29. The van der Waals surface area contributed by atoms with Crippen LogP contribution >= 0.6 is 23.4 Å². The number of nitrogens with one attached hydrogen (secondary N) is 2. The Balaban J connectivity index is 1.89. The summed E-state index contributed by atoms with van der Waals surface area (Å²) in [7, 11) is 1.26. The van der Waals surface area contributed by atoms with Crippen molar-refractivity contribution in [1.82, 2.24) is 20.6 Å². The van der Waals surface area contributed by atoms with Crippen molar-refractivity contribution in [2.75, 3.05) is 5.75 Å². The SMILES string of the molecule is Cn1cc(C(=O)NNC(=O)CSc2ccc(Cl)cc2)c(C(F)(F)F)n1. The highest BCUT2D eigenvalue weighted by atomic mass is 35.5. The predicted molar refractivity (Wildman–Crippen MR) is 86.0 cm³/mol. The van der Waals surface area contributed by atoms with E-state index in [1.54, 1.807) is 24.3 Å². The number of alkyl halides is 3. The summed E-state index contributed by atoms with van der Waals surface area (Å²) in [5.74, 6) is -1.72. The van der Waals surface area contributed by atoms with E-state index in [0.717, 1.165) is 15.8 Å². The van der Waals surface area contributed by atoms with Crippen molar-refractivity contribution in [3.8, 4) is 0 Å². The highest BCUT2D eigenvalue weighted by molar-refractivity contribution is 8.00. The van der Waals surface area contributed by atoms with Crippen molar-refractivity contribution >= 4 is 35.2 Å². The molecule has 1 heterocycles. The number of hydrazine groups is 1. The van der Waals surface area contributed by atoms with E-state index < -0.39 is 29.2 Å². The van der Waals surface area contributed by atoms with Crippen LogP contribution in [0.5, 0.6) is 0 Å². The number of aryl methyl sites for hydroxylation is 1. The summed E-state index contributed by atoms with van der Waals surface area (Å²) in [5.41, 5.74) is 2.00. The minimum atomic E-state index is -4.78. The predicted octanol–water partition coefficient (Wildman–Crippen LogP) is 2.65. The number of halogens is 4. The van der Waals surface area contributed by atoms with Crippen LogP contribution in [0.1, 0.15) is 16.1 Å². The third-order valence-corrected chi connectivity index (χ3v) is 4.10. The van der Waals surface area contributed by atoms with E-state index in [9.17, 15) is 22.8 Å². The van der Waals surface area contributed by atoms with E-state index >= 15 is 0 Å². The number of hydrogen-bond acceptors (Lipinski definition) is 4. The first-order valence-electron chi connectivity index (χ1n) is 6.75. The van der Waals surface area contributed by atoms with Gasteiger partial charge in [0.25, 0.3) is 5.91 Å². The van der Waals surface area contributed by atoms with Gasteiger partial charge in [-0.25, -0.2) is 0 Å². The van der Waals surface area contributed by atoms with E-state index in [-0.39, 0.29) is 5.75 Å². The van der Waals surface area contributed by atoms with Gasteiger partial charge in [-0.15, -0.1) is 11.8 Å². The Morgan fingerprint density at radius 3 is 2.48 bits per heavy atom. The number of nitrogens with zero attached hydrogens (tertiary/aromatic N) is 2. The van der Waals surface area contributed by atoms with Gasteiger partial charge in [0, 0.05) is 23.2 Å². The molecule has 25 heavy (non-hydrogen) atoms. The van der Waals surface area contributed by atoms with Crippen LogP contribution in [0.25, 0.3) is 0 Å². The maximum atomic E-state index is 12.8. The quantitative estimate of drug-likeness (QED) is 0.619. The van der Waals surface area contributed by atoms with E-state index in [4.69, 9.17) is 11.6 Å². The zero-order valence-electron chi connectivity index (χ0n) is 12.7. The van der Waals surface area contributed by atoms with Gasteiger partial charge in [0.05, 0.1) is 11.3 Å². The molecule has 0 saturated carbocycles. The highest BCUT2D eigenvalue weighted by Crippen LogP contribution is 2.30. The minimum absolute atomic E-state index is 0.0406. The molecule has 11 heteroatoms. The van der Waals surface area contributed by atoms with Crippen molar-refractivity contribution in [3.05, 3.63) is 46.7 Å². The average Bonchev–Trinajstić information content (AvgIpc) is 2.94. The molecule has 6 nitrogen and oxygen atoms in total. The summed E-state index contributed by atoms with van der Waals surface area (Å²) in [6.07, 6.45) is -3.85. The maximum absolute atomic E-state index is 12.8. The van der Waals surface area contributed by atoms with Gasteiger partial charge in [-0.3, -0.25) is 25.1 Å². The summed E-state index contributed by atoms with van der Waals surface area (Å²) in [6.45, 7) is 0. The molecule has 1 aromatic carbocycles. The molecule has 2 aromatic rings. The van der Waals surface area contributed by atoms with Gasteiger partial charge in [-0.05, 0) is 24.3 Å². The standard InChI is InChI=1S/C14H12ClF3N4O2S/c1-22-6-10(12(21-22)14(16,17)18)13(24)20-19-11(23)7-25-9-4-2-8(15)3-5-9/h2-6H,7H2,1H3,(H,19,23)(H,20,24). The number of carbonyl (C=O) groups excluding carboxylic acids is 2. The van der Waals surface area contributed by atoms with Crippen LogP contribution in [0.3, 0.4) is 0 Å². The second-order valence-electron chi connectivity index (χ2n) is 4.81. The van der Waals surface area contributed by atoms with Gasteiger partial charge >= 0.3 is 6.18 Å². The first kappa shape index (κ1) is 19.1. The number of hydrogen-bond donors (Lipinski definition) is 2. The Bertz CT molecular complexity index is 777.